The average molecular weight is 297 g/mol. The van der Waals surface area contributed by atoms with Crippen molar-refractivity contribution in [2.45, 2.75) is 20.3 Å². The van der Waals surface area contributed by atoms with Gasteiger partial charge in [-0.3, -0.25) is 4.79 Å². The van der Waals surface area contributed by atoms with Crippen LogP contribution in [0.2, 0.25) is 0 Å². The summed E-state index contributed by atoms with van der Waals surface area (Å²) in [6.07, 6.45) is 0.746. The van der Waals surface area contributed by atoms with Gasteiger partial charge in [-0.25, -0.2) is 0 Å². The first kappa shape index (κ1) is 13.3. The van der Waals surface area contributed by atoms with Crippen molar-refractivity contribution in [3.63, 3.8) is 0 Å². The summed E-state index contributed by atoms with van der Waals surface area (Å²) < 4.78 is 1.08. The quantitative estimate of drug-likeness (QED) is 0.610. The second-order valence-corrected chi connectivity index (χ2v) is 5.43. The van der Waals surface area contributed by atoms with Crippen molar-refractivity contribution in [1.82, 2.24) is 0 Å². The molecule has 1 aromatic rings. The van der Waals surface area contributed by atoms with Gasteiger partial charge >= 0.3 is 0 Å². The van der Waals surface area contributed by atoms with Gasteiger partial charge in [0.2, 0.25) is 0 Å². The van der Waals surface area contributed by atoms with Crippen molar-refractivity contribution in [1.29, 1.82) is 0 Å². The van der Waals surface area contributed by atoms with Gasteiger partial charge in [-0.15, -0.1) is 0 Å². The van der Waals surface area contributed by atoms with E-state index in [0.717, 1.165) is 27.8 Å². The lowest BCUT2D eigenvalue weighted by Gasteiger charge is -1.99. The van der Waals surface area contributed by atoms with Crippen LogP contribution in [0, 0.1) is 18.8 Å². The molecule has 16 heavy (non-hydrogen) atoms. The van der Waals surface area contributed by atoms with Crippen LogP contribution >= 0.6 is 27.7 Å². The molecule has 0 amide bonds. The minimum absolute atomic E-state index is 0.153. The molecule has 0 bridgehead atoms. The Balaban J connectivity index is 2.56. The minimum Gasteiger partial charge on any atom is -0.288 e. The molecule has 1 rings (SSSR count). The van der Waals surface area contributed by atoms with E-state index in [-0.39, 0.29) is 5.12 Å². The van der Waals surface area contributed by atoms with Gasteiger partial charge in [-0.1, -0.05) is 45.6 Å². The maximum Gasteiger partial charge on any atom is 0.185 e. The lowest BCUT2D eigenvalue weighted by Crippen LogP contribution is -1.85. The number of thioether (sulfide) groups is 1. The molecular weight excluding hydrogens is 284 g/mol. The summed E-state index contributed by atoms with van der Waals surface area (Å²) in [4.78, 5) is 10.7. The molecular formula is C13H13BrOS. The van der Waals surface area contributed by atoms with E-state index in [9.17, 15) is 4.79 Å². The summed E-state index contributed by atoms with van der Waals surface area (Å²) in [6, 6.07) is 5.99. The number of benzene rings is 1. The Hall–Kier alpha value is -0.720. The Labute approximate surface area is 109 Å². The van der Waals surface area contributed by atoms with Crippen molar-refractivity contribution in [2.24, 2.45) is 0 Å². The first-order valence-electron chi connectivity index (χ1n) is 4.98. The molecule has 0 fully saturated rings. The van der Waals surface area contributed by atoms with Gasteiger partial charge in [-0.05, 0) is 24.6 Å². The summed E-state index contributed by atoms with van der Waals surface area (Å²) in [6.45, 7) is 3.62. The number of hydrogen-bond acceptors (Lipinski definition) is 2. The van der Waals surface area contributed by atoms with Gasteiger partial charge in [0.15, 0.2) is 5.12 Å². The van der Waals surface area contributed by atoms with Gasteiger partial charge in [0.1, 0.15) is 0 Å². The van der Waals surface area contributed by atoms with Crippen molar-refractivity contribution < 1.29 is 4.79 Å². The molecule has 0 saturated heterocycles. The molecule has 0 radical (unpaired) electrons. The zero-order valence-corrected chi connectivity index (χ0v) is 11.7. The smallest absolute Gasteiger partial charge is 0.185 e. The maximum absolute atomic E-state index is 10.7. The largest absolute Gasteiger partial charge is 0.288 e. The monoisotopic (exact) mass is 296 g/mol. The van der Waals surface area contributed by atoms with E-state index in [1.54, 1.807) is 6.92 Å². The first-order valence-corrected chi connectivity index (χ1v) is 6.76. The van der Waals surface area contributed by atoms with Gasteiger partial charge in [0.25, 0.3) is 0 Å². The summed E-state index contributed by atoms with van der Waals surface area (Å²) in [7, 11) is 0. The van der Waals surface area contributed by atoms with E-state index in [1.807, 2.05) is 25.1 Å². The molecule has 1 aromatic carbocycles. The first-order chi connectivity index (χ1) is 7.61. The number of carbonyl (C=O) groups is 1. The van der Waals surface area contributed by atoms with Crippen LogP contribution in [0.25, 0.3) is 0 Å². The van der Waals surface area contributed by atoms with Crippen LogP contribution in [0.5, 0.6) is 0 Å². The number of rotatable bonds is 2. The van der Waals surface area contributed by atoms with E-state index >= 15 is 0 Å². The highest BCUT2D eigenvalue weighted by molar-refractivity contribution is 9.10. The van der Waals surface area contributed by atoms with Crippen LogP contribution in [0.15, 0.2) is 22.7 Å². The molecule has 3 heteroatoms. The molecule has 0 aliphatic carbocycles. The van der Waals surface area contributed by atoms with Crippen molar-refractivity contribution in [3.05, 3.63) is 33.8 Å². The third kappa shape index (κ3) is 4.42. The fraction of sp³-hybridized carbons (Fsp3) is 0.308. The fourth-order valence-corrected chi connectivity index (χ4v) is 2.00. The minimum atomic E-state index is 0.153. The van der Waals surface area contributed by atoms with E-state index in [1.165, 1.54) is 11.8 Å². The molecule has 0 spiro atoms. The highest BCUT2D eigenvalue weighted by Crippen LogP contribution is 2.18. The Morgan fingerprint density at radius 2 is 2.25 bits per heavy atom. The maximum atomic E-state index is 10.7. The molecule has 0 heterocycles. The van der Waals surface area contributed by atoms with Gasteiger partial charge in [0.05, 0.1) is 0 Å². The molecule has 0 saturated carbocycles. The standard InChI is InChI=1S/C13H13BrOS/c1-10-12(7-5-8-13(10)14)6-3-4-9-16-11(2)15/h5,7-8H,4,9H2,1-2H3. The molecule has 0 aliphatic heterocycles. The van der Waals surface area contributed by atoms with Crippen molar-refractivity contribution in [2.75, 3.05) is 5.75 Å². The predicted molar refractivity (Wildman–Crippen MR) is 73.5 cm³/mol. The Kier molecular flexibility index (Phi) is 5.65. The van der Waals surface area contributed by atoms with Crippen LogP contribution in [0.1, 0.15) is 24.5 Å². The Morgan fingerprint density at radius 3 is 2.94 bits per heavy atom. The number of carbonyl (C=O) groups excluding carboxylic acids is 1. The highest BCUT2D eigenvalue weighted by atomic mass is 79.9. The summed E-state index contributed by atoms with van der Waals surface area (Å²) in [5.41, 5.74) is 2.21. The van der Waals surface area contributed by atoms with Crippen LogP contribution in [-0.2, 0) is 4.79 Å². The molecule has 0 unspecified atom stereocenters. The number of halogens is 1. The van der Waals surface area contributed by atoms with Crippen LogP contribution in [0.4, 0.5) is 0 Å². The second kappa shape index (κ2) is 6.78. The van der Waals surface area contributed by atoms with Gasteiger partial charge in [-0.2, -0.15) is 0 Å². The summed E-state index contributed by atoms with van der Waals surface area (Å²) in [5.74, 6) is 6.98. The Morgan fingerprint density at radius 1 is 1.50 bits per heavy atom. The van der Waals surface area contributed by atoms with Gasteiger partial charge < -0.3 is 0 Å². The zero-order chi connectivity index (χ0) is 12.0. The normalized spacial score (nSPS) is 9.44. The fourth-order valence-electron chi connectivity index (χ4n) is 1.15. The van der Waals surface area contributed by atoms with E-state index < -0.39 is 0 Å². The molecule has 0 atom stereocenters. The molecule has 84 valence electrons. The number of hydrogen-bond donors (Lipinski definition) is 0. The zero-order valence-electron chi connectivity index (χ0n) is 9.34. The molecule has 0 aromatic heterocycles. The Bertz CT molecular complexity index is 443. The van der Waals surface area contributed by atoms with Gasteiger partial charge in [0, 0.05) is 29.1 Å². The molecule has 0 aliphatic rings. The van der Waals surface area contributed by atoms with E-state index in [0.29, 0.717) is 0 Å². The lowest BCUT2D eigenvalue weighted by molar-refractivity contribution is -0.109. The van der Waals surface area contributed by atoms with Crippen LogP contribution in [-0.4, -0.2) is 10.9 Å². The predicted octanol–water partition coefficient (Wildman–Crippen LogP) is 3.78. The summed E-state index contributed by atoms with van der Waals surface area (Å²) in [5, 5.41) is 0.153. The third-order valence-electron chi connectivity index (χ3n) is 2.02. The SMILES string of the molecule is CC(=O)SCCC#Cc1cccc(Br)c1C. The van der Waals surface area contributed by atoms with E-state index in [4.69, 9.17) is 0 Å². The second-order valence-electron chi connectivity index (χ2n) is 3.30. The average Bonchev–Trinajstić information content (AvgIpc) is 2.23. The molecule has 0 N–H and O–H groups in total. The third-order valence-corrected chi connectivity index (χ3v) is 3.70. The lowest BCUT2D eigenvalue weighted by atomic mass is 10.1. The van der Waals surface area contributed by atoms with E-state index in [2.05, 4.69) is 27.8 Å². The van der Waals surface area contributed by atoms with Crippen molar-refractivity contribution in [3.8, 4) is 11.8 Å². The van der Waals surface area contributed by atoms with Crippen LogP contribution in [0.3, 0.4) is 0 Å². The van der Waals surface area contributed by atoms with Crippen molar-refractivity contribution >= 4 is 32.8 Å². The highest BCUT2D eigenvalue weighted by Gasteiger charge is 1.97. The topological polar surface area (TPSA) is 17.1 Å². The summed E-state index contributed by atoms with van der Waals surface area (Å²) >= 11 is 4.79. The van der Waals surface area contributed by atoms with Crippen LogP contribution < -0.4 is 0 Å². The molecule has 1 nitrogen and oxygen atoms in total.